The number of hydrogen-bond donors (Lipinski definition) is 2. The lowest BCUT2D eigenvalue weighted by Gasteiger charge is -2.39. The van der Waals surface area contributed by atoms with Gasteiger partial charge in [0.05, 0.1) is 0 Å². The maximum Gasteiger partial charge on any atom is 0.0446 e. The quantitative estimate of drug-likeness (QED) is 0.729. The molecule has 3 nitrogen and oxygen atoms in total. The number of fused-ring (bicyclic) bond motifs is 1. The topological polar surface area (TPSA) is 35.5 Å². The predicted octanol–water partition coefficient (Wildman–Crippen LogP) is 2.00. The molecule has 1 aliphatic heterocycles. The fraction of sp³-hybridized carbons (Fsp3) is 1.00. The van der Waals surface area contributed by atoms with Crippen LogP contribution < -0.4 is 5.32 Å². The van der Waals surface area contributed by atoms with Gasteiger partial charge in [-0.05, 0) is 57.5 Å². The Morgan fingerprint density at radius 1 is 1.28 bits per heavy atom. The van der Waals surface area contributed by atoms with Gasteiger partial charge in [-0.25, -0.2) is 0 Å². The number of hydrogen-bond acceptors (Lipinski definition) is 3. The molecule has 0 radical (unpaired) electrons. The Balaban J connectivity index is 1.84. The van der Waals surface area contributed by atoms with Crippen molar-refractivity contribution >= 4 is 0 Å². The van der Waals surface area contributed by atoms with E-state index in [1.54, 1.807) is 0 Å². The van der Waals surface area contributed by atoms with Crippen LogP contribution in [0.3, 0.4) is 0 Å². The number of aliphatic hydroxyl groups excluding tert-OH is 1. The van der Waals surface area contributed by atoms with Crippen LogP contribution in [0.1, 0.15) is 51.9 Å². The molecule has 0 aromatic heterocycles. The van der Waals surface area contributed by atoms with Crippen LogP contribution in [-0.2, 0) is 0 Å². The minimum atomic E-state index is 0.309. The molecule has 0 bridgehead atoms. The van der Waals surface area contributed by atoms with E-state index >= 15 is 0 Å². The summed E-state index contributed by atoms with van der Waals surface area (Å²) in [7, 11) is 0. The first-order valence-corrected chi connectivity index (χ1v) is 7.93. The van der Waals surface area contributed by atoms with Gasteiger partial charge < -0.3 is 10.4 Å². The monoisotopic (exact) mass is 254 g/mol. The van der Waals surface area contributed by atoms with Crippen LogP contribution in [0, 0.1) is 5.92 Å². The third kappa shape index (κ3) is 3.69. The highest BCUT2D eigenvalue weighted by Crippen LogP contribution is 2.36. The second-order valence-corrected chi connectivity index (χ2v) is 6.06. The van der Waals surface area contributed by atoms with Gasteiger partial charge in [-0.2, -0.15) is 0 Å². The van der Waals surface area contributed by atoms with E-state index in [0.29, 0.717) is 12.6 Å². The summed E-state index contributed by atoms with van der Waals surface area (Å²) in [4.78, 5) is 2.71. The smallest absolute Gasteiger partial charge is 0.0446 e. The molecule has 0 spiro atoms. The maximum atomic E-state index is 9.19. The summed E-state index contributed by atoms with van der Waals surface area (Å²) in [6.45, 7) is 6.01. The van der Waals surface area contributed by atoms with Gasteiger partial charge in [0.1, 0.15) is 0 Å². The van der Waals surface area contributed by atoms with Crippen molar-refractivity contribution in [2.24, 2.45) is 5.92 Å². The molecule has 2 rings (SSSR count). The van der Waals surface area contributed by atoms with E-state index in [2.05, 4.69) is 17.1 Å². The van der Waals surface area contributed by atoms with Gasteiger partial charge in [0.2, 0.25) is 0 Å². The van der Waals surface area contributed by atoms with Crippen molar-refractivity contribution in [3.8, 4) is 0 Å². The molecule has 0 aromatic rings. The zero-order chi connectivity index (χ0) is 12.8. The average molecular weight is 254 g/mol. The van der Waals surface area contributed by atoms with Crippen LogP contribution in [0.2, 0.25) is 0 Å². The Morgan fingerprint density at radius 3 is 2.89 bits per heavy atom. The minimum Gasteiger partial charge on any atom is -0.396 e. The summed E-state index contributed by atoms with van der Waals surface area (Å²) in [5.74, 6) is 0.972. The average Bonchev–Trinajstić information content (AvgIpc) is 2.85. The highest BCUT2D eigenvalue weighted by molar-refractivity contribution is 4.90. The SMILES string of the molecule is CCCNC(CCO)CN1CCCC2CCCC21. The summed E-state index contributed by atoms with van der Waals surface area (Å²) in [6, 6.07) is 1.33. The first-order valence-electron chi connectivity index (χ1n) is 7.93. The van der Waals surface area contributed by atoms with E-state index in [1.165, 1.54) is 45.1 Å². The summed E-state index contributed by atoms with van der Waals surface area (Å²) >= 11 is 0. The Morgan fingerprint density at radius 2 is 2.11 bits per heavy atom. The van der Waals surface area contributed by atoms with E-state index in [9.17, 15) is 5.11 Å². The van der Waals surface area contributed by atoms with E-state index < -0.39 is 0 Å². The normalized spacial score (nSPS) is 30.3. The lowest BCUT2D eigenvalue weighted by Crippen LogP contribution is -2.49. The van der Waals surface area contributed by atoms with Crippen LogP contribution in [0.5, 0.6) is 0 Å². The van der Waals surface area contributed by atoms with Gasteiger partial charge in [-0.3, -0.25) is 4.90 Å². The van der Waals surface area contributed by atoms with Gasteiger partial charge in [0, 0.05) is 25.2 Å². The molecule has 3 atom stereocenters. The van der Waals surface area contributed by atoms with Gasteiger partial charge in [0.25, 0.3) is 0 Å². The number of nitrogens with zero attached hydrogens (tertiary/aromatic N) is 1. The fourth-order valence-electron chi connectivity index (χ4n) is 3.83. The Hall–Kier alpha value is -0.120. The number of piperidine rings is 1. The van der Waals surface area contributed by atoms with Crippen molar-refractivity contribution in [3.05, 3.63) is 0 Å². The largest absolute Gasteiger partial charge is 0.396 e. The van der Waals surface area contributed by atoms with Crippen LogP contribution >= 0.6 is 0 Å². The molecule has 1 heterocycles. The van der Waals surface area contributed by atoms with Crippen molar-refractivity contribution in [2.75, 3.05) is 26.2 Å². The Labute approximate surface area is 112 Å². The lowest BCUT2D eigenvalue weighted by molar-refractivity contribution is 0.0959. The number of nitrogens with one attached hydrogen (secondary N) is 1. The zero-order valence-electron chi connectivity index (χ0n) is 11.9. The molecule has 3 heteroatoms. The molecule has 2 fully saturated rings. The summed E-state index contributed by atoms with van der Waals surface area (Å²) in [5, 5.41) is 12.8. The summed E-state index contributed by atoms with van der Waals surface area (Å²) in [6.07, 6.45) is 9.19. The fourth-order valence-corrected chi connectivity index (χ4v) is 3.83. The van der Waals surface area contributed by atoms with Gasteiger partial charge in [-0.15, -0.1) is 0 Å². The highest BCUT2D eigenvalue weighted by Gasteiger charge is 2.35. The third-order valence-corrected chi connectivity index (χ3v) is 4.72. The molecule has 0 aromatic carbocycles. The number of rotatable bonds is 7. The molecule has 2 N–H and O–H groups in total. The van der Waals surface area contributed by atoms with E-state index in [-0.39, 0.29) is 0 Å². The van der Waals surface area contributed by atoms with Gasteiger partial charge >= 0.3 is 0 Å². The van der Waals surface area contributed by atoms with Crippen molar-refractivity contribution in [1.82, 2.24) is 10.2 Å². The summed E-state index contributed by atoms with van der Waals surface area (Å²) in [5.41, 5.74) is 0. The Bertz CT molecular complexity index is 235. The van der Waals surface area contributed by atoms with Crippen LogP contribution in [0.15, 0.2) is 0 Å². The molecule has 106 valence electrons. The van der Waals surface area contributed by atoms with Crippen LogP contribution in [0.25, 0.3) is 0 Å². The third-order valence-electron chi connectivity index (χ3n) is 4.72. The van der Waals surface area contributed by atoms with Gasteiger partial charge in [0.15, 0.2) is 0 Å². The van der Waals surface area contributed by atoms with Crippen molar-refractivity contribution < 1.29 is 5.11 Å². The first kappa shape index (κ1) is 14.3. The predicted molar refractivity (Wildman–Crippen MR) is 75.7 cm³/mol. The molecule has 18 heavy (non-hydrogen) atoms. The number of aliphatic hydroxyl groups is 1. The van der Waals surface area contributed by atoms with Crippen molar-refractivity contribution in [1.29, 1.82) is 0 Å². The van der Waals surface area contributed by atoms with Crippen LogP contribution in [-0.4, -0.2) is 48.3 Å². The van der Waals surface area contributed by atoms with Crippen molar-refractivity contribution in [2.45, 2.75) is 64.0 Å². The molecule has 3 unspecified atom stereocenters. The molecular formula is C15H30N2O. The van der Waals surface area contributed by atoms with E-state index in [0.717, 1.165) is 31.5 Å². The lowest BCUT2D eigenvalue weighted by atomic mass is 9.91. The second-order valence-electron chi connectivity index (χ2n) is 6.06. The highest BCUT2D eigenvalue weighted by atomic mass is 16.3. The first-order chi connectivity index (χ1) is 8.85. The van der Waals surface area contributed by atoms with Crippen molar-refractivity contribution in [3.63, 3.8) is 0 Å². The van der Waals surface area contributed by atoms with E-state index in [4.69, 9.17) is 0 Å². The molecule has 0 amide bonds. The summed E-state index contributed by atoms with van der Waals surface area (Å²) < 4.78 is 0. The standard InChI is InChI=1S/C15H30N2O/c1-2-9-16-14(8-11-18)12-17-10-4-6-13-5-3-7-15(13)17/h13-16,18H,2-12H2,1H3. The molecule has 1 saturated carbocycles. The van der Waals surface area contributed by atoms with Gasteiger partial charge in [-0.1, -0.05) is 13.3 Å². The molecule has 1 saturated heterocycles. The van der Waals surface area contributed by atoms with Crippen LogP contribution in [0.4, 0.5) is 0 Å². The zero-order valence-corrected chi connectivity index (χ0v) is 11.9. The molecular weight excluding hydrogens is 224 g/mol. The maximum absolute atomic E-state index is 9.19. The molecule has 2 aliphatic rings. The Kier molecular flexibility index (Phi) is 5.93. The number of likely N-dealkylation sites (tertiary alicyclic amines) is 1. The second kappa shape index (κ2) is 7.46. The van der Waals surface area contributed by atoms with E-state index in [1.807, 2.05) is 0 Å². The minimum absolute atomic E-state index is 0.309. The molecule has 1 aliphatic carbocycles.